The average Bonchev–Trinajstić information content (AvgIpc) is 2.92. The first-order valence-electron chi connectivity index (χ1n) is 7.25. The van der Waals surface area contributed by atoms with E-state index in [4.69, 9.17) is 0 Å². The molecule has 2 aliphatic rings. The van der Waals surface area contributed by atoms with Gasteiger partial charge in [0, 0.05) is 29.9 Å². The lowest BCUT2D eigenvalue weighted by molar-refractivity contribution is 0.201. The molecule has 1 aliphatic carbocycles. The van der Waals surface area contributed by atoms with Crippen LogP contribution in [0.4, 0.5) is 0 Å². The Bertz CT molecular complexity index is 380. The van der Waals surface area contributed by atoms with Crippen molar-refractivity contribution in [3.05, 3.63) is 16.1 Å². The van der Waals surface area contributed by atoms with E-state index < -0.39 is 0 Å². The number of rotatable bonds is 6. The molecule has 1 atom stereocenters. The molecular weight excluding hydrogens is 242 g/mol. The van der Waals surface area contributed by atoms with Crippen LogP contribution >= 0.6 is 11.3 Å². The zero-order valence-electron chi connectivity index (χ0n) is 11.2. The Labute approximate surface area is 114 Å². The van der Waals surface area contributed by atoms with Crippen LogP contribution in [0.3, 0.4) is 0 Å². The number of hydrogen-bond donors (Lipinski definition) is 1. The Morgan fingerprint density at radius 1 is 1.44 bits per heavy atom. The molecule has 1 aromatic rings. The predicted octanol–water partition coefficient (Wildman–Crippen LogP) is 2.59. The molecule has 18 heavy (non-hydrogen) atoms. The van der Waals surface area contributed by atoms with Gasteiger partial charge >= 0.3 is 0 Å². The molecule has 1 unspecified atom stereocenters. The van der Waals surface area contributed by atoms with Gasteiger partial charge in [-0.1, -0.05) is 6.92 Å². The van der Waals surface area contributed by atoms with E-state index in [1.807, 2.05) is 16.8 Å². The van der Waals surface area contributed by atoms with E-state index in [1.54, 1.807) is 0 Å². The van der Waals surface area contributed by atoms with Crippen molar-refractivity contribution in [2.75, 3.05) is 19.6 Å². The highest BCUT2D eigenvalue weighted by Crippen LogP contribution is 2.42. The summed E-state index contributed by atoms with van der Waals surface area (Å²) in [4.78, 5) is 8.79. The molecule has 1 N–H and O–H groups in total. The van der Waals surface area contributed by atoms with Gasteiger partial charge in [-0.15, -0.1) is 11.3 Å². The molecule has 3 nitrogen and oxygen atoms in total. The van der Waals surface area contributed by atoms with Crippen LogP contribution in [-0.4, -0.2) is 35.6 Å². The van der Waals surface area contributed by atoms with Gasteiger partial charge < -0.3 is 5.32 Å². The van der Waals surface area contributed by atoms with Gasteiger partial charge in [0.1, 0.15) is 0 Å². The Morgan fingerprint density at radius 3 is 3.00 bits per heavy atom. The summed E-state index contributed by atoms with van der Waals surface area (Å²) in [5.41, 5.74) is 3.45. The van der Waals surface area contributed by atoms with Gasteiger partial charge in [-0.05, 0) is 38.8 Å². The highest BCUT2D eigenvalue weighted by molar-refractivity contribution is 7.09. The second kappa shape index (κ2) is 5.68. The van der Waals surface area contributed by atoms with Crippen molar-refractivity contribution in [1.82, 2.24) is 15.2 Å². The van der Waals surface area contributed by atoms with Crippen molar-refractivity contribution < 1.29 is 0 Å². The Morgan fingerprint density at radius 2 is 2.33 bits per heavy atom. The van der Waals surface area contributed by atoms with Crippen LogP contribution in [0.5, 0.6) is 0 Å². The van der Waals surface area contributed by atoms with Gasteiger partial charge in [-0.2, -0.15) is 0 Å². The molecule has 1 saturated carbocycles. The van der Waals surface area contributed by atoms with Gasteiger partial charge in [0.15, 0.2) is 0 Å². The first-order valence-corrected chi connectivity index (χ1v) is 8.13. The third-order valence-electron chi connectivity index (χ3n) is 4.04. The fourth-order valence-corrected chi connectivity index (χ4v) is 3.77. The van der Waals surface area contributed by atoms with E-state index in [1.165, 1.54) is 49.3 Å². The van der Waals surface area contributed by atoms with Gasteiger partial charge in [-0.3, -0.25) is 4.90 Å². The number of aromatic nitrogens is 1. The van der Waals surface area contributed by atoms with E-state index in [0.29, 0.717) is 0 Å². The lowest BCUT2D eigenvalue weighted by Gasteiger charge is -2.27. The summed E-state index contributed by atoms with van der Waals surface area (Å²) in [6.45, 7) is 6.97. The monoisotopic (exact) mass is 265 g/mol. The minimum absolute atomic E-state index is 0.735. The second-order valence-corrected chi connectivity index (χ2v) is 6.49. The molecule has 0 spiro atoms. The van der Waals surface area contributed by atoms with Crippen molar-refractivity contribution in [3.8, 4) is 0 Å². The van der Waals surface area contributed by atoms with Crippen LogP contribution in [0.25, 0.3) is 0 Å². The molecule has 2 fully saturated rings. The lowest BCUT2D eigenvalue weighted by Crippen LogP contribution is -2.36. The summed E-state index contributed by atoms with van der Waals surface area (Å²) in [5.74, 6) is 0.788. The fraction of sp³-hybridized carbons (Fsp3) is 0.786. The lowest BCUT2D eigenvalue weighted by atomic mass is 10.2. The smallest absolute Gasteiger partial charge is 0.0798 e. The normalized spacial score (nSPS) is 24.0. The van der Waals surface area contributed by atoms with Gasteiger partial charge in [0.25, 0.3) is 0 Å². The zero-order chi connectivity index (χ0) is 12.4. The molecule has 0 amide bonds. The minimum Gasteiger partial charge on any atom is -0.315 e. The Hall–Kier alpha value is -0.450. The molecule has 1 saturated heterocycles. The zero-order valence-corrected chi connectivity index (χ0v) is 12.0. The first-order chi connectivity index (χ1) is 8.88. The first kappa shape index (κ1) is 12.6. The Kier molecular flexibility index (Phi) is 3.97. The maximum Gasteiger partial charge on any atom is 0.0798 e. The van der Waals surface area contributed by atoms with Crippen molar-refractivity contribution in [1.29, 1.82) is 0 Å². The van der Waals surface area contributed by atoms with Crippen molar-refractivity contribution in [2.45, 2.75) is 51.1 Å². The summed E-state index contributed by atoms with van der Waals surface area (Å²) in [7, 11) is 0. The van der Waals surface area contributed by atoms with Gasteiger partial charge in [0.2, 0.25) is 0 Å². The Balaban J connectivity index is 1.68. The quantitative estimate of drug-likeness (QED) is 0.857. The summed E-state index contributed by atoms with van der Waals surface area (Å²) in [6.07, 6.45) is 5.26. The van der Waals surface area contributed by atoms with E-state index in [-0.39, 0.29) is 0 Å². The van der Waals surface area contributed by atoms with Crippen LogP contribution in [0.1, 0.15) is 49.1 Å². The van der Waals surface area contributed by atoms with Gasteiger partial charge in [0.05, 0.1) is 11.2 Å². The molecule has 0 bridgehead atoms. The molecule has 1 aliphatic heterocycles. The SMILES string of the molecule is CCCN(Cc1scnc1C1CC1)C1CCNC1. The molecule has 0 radical (unpaired) electrons. The van der Waals surface area contributed by atoms with Crippen LogP contribution in [0.2, 0.25) is 0 Å². The highest BCUT2D eigenvalue weighted by Gasteiger charge is 2.30. The van der Waals surface area contributed by atoms with Crippen LogP contribution < -0.4 is 5.32 Å². The number of nitrogens with zero attached hydrogens (tertiary/aromatic N) is 2. The summed E-state index contributed by atoms with van der Waals surface area (Å²) in [5, 5.41) is 3.49. The highest BCUT2D eigenvalue weighted by atomic mass is 32.1. The van der Waals surface area contributed by atoms with Crippen molar-refractivity contribution >= 4 is 11.3 Å². The summed E-state index contributed by atoms with van der Waals surface area (Å²) < 4.78 is 0. The molecule has 3 rings (SSSR count). The van der Waals surface area contributed by atoms with Crippen molar-refractivity contribution in [2.24, 2.45) is 0 Å². The second-order valence-electron chi connectivity index (χ2n) is 5.55. The largest absolute Gasteiger partial charge is 0.315 e. The molecular formula is C14H23N3S. The molecule has 4 heteroatoms. The van der Waals surface area contributed by atoms with Gasteiger partial charge in [-0.25, -0.2) is 4.98 Å². The molecule has 0 aromatic carbocycles. The molecule has 1 aromatic heterocycles. The van der Waals surface area contributed by atoms with E-state index >= 15 is 0 Å². The number of nitrogens with one attached hydrogen (secondary N) is 1. The number of hydrogen-bond acceptors (Lipinski definition) is 4. The maximum absolute atomic E-state index is 4.59. The third-order valence-corrected chi connectivity index (χ3v) is 4.88. The molecule has 100 valence electrons. The number of thiazole rings is 1. The third kappa shape index (κ3) is 2.76. The topological polar surface area (TPSA) is 28.2 Å². The predicted molar refractivity (Wildman–Crippen MR) is 76.1 cm³/mol. The standard InChI is InChI=1S/C14H23N3S/c1-2-7-17(12-5-6-15-8-12)9-13-14(11-3-4-11)16-10-18-13/h10-12,15H,2-9H2,1H3. The van der Waals surface area contributed by atoms with Crippen LogP contribution in [-0.2, 0) is 6.54 Å². The minimum atomic E-state index is 0.735. The van der Waals surface area contributed by atoms with E-state index in [2.05, 4.69) is 22.1 Å². The summed E-state index contributed by atoms with van der Waals surface area (Å²) in [6, 6.07) is 0.735. The van der Waals surface area contributed by atoms with Crippen LogP contribution in [0.15, 0.2) is 5.51 Å². The van der Waals surface area contributed by atoms with E-state index in [0.717, 1.165) is 25.0 Å². The van der Waals surface area contributed by atoms with E-state index in [9.17, 15) is 0 Å². The fourth-order valence-electron chi connectivity index (χ4n) is 2.90. The average molecular weight is 265 g/mol. The maximum atomic E-state index is 4.59. The molecule has 2 heterocycles. The van der Waals surface area contributed by atoms with Crippen molar-refractivity contribution in [3.63, 3.8) is 0 Å². The summed E-state index contributed by atoms with van der Waals surface area (Å²) >= 11 is 1.86. The van der Waals surface area contributed by atoms with Crippen LogP contribution in [0, 0.1) is 0 Å².